The van der Waals surface area contributed by atoms with E-state index in [-0.39, 0.29) is 11.7 Å². The van der Waals surface area contributed by atoms with E-state index in [0.717, 1.165) is 17.5 Å². The van der Waals surface area contributed by atoms with Crippen LogP contribution < -0.4 is 5.56 Å². The third-order valence-electron chi connectivity index (χ3n) is 3.34. The molecule has 0 amide bonds. The lowest BCUT2D eigenvalue weighted by atomic mass is 9.97. The van der Waals surface area contributed by atoms with Crippen LogP contribution in [0.2, 0.25) is 5.15 Å². The summed E-state index contributed by atoms with van der Waals surface area (Å²) in [5.41, 5.74) is -2.42. The molecule has 0 saturated carbocycles. The second-order valence-electron chi connectivity index (χ2n) is 4.75. The maximum Gasteiger partial charge on any atom is 0.421 e. The van der Waals surface area contributed by atoms with Gasteiger partial charge in [0.25, 0.3) is 5.56 Å². The standard InChI is InChI=1S/C12H14ClF3N2O2/c13-10-7-9(12(14,15)16)11(19)18(17-10)4-1-8-2-5-20-6-3-8/h7-8H,1-6H2. The molecular formula is C12H14ClF3N2O2. The zero-order valence-electron chi connectivity index (χ0n) is 10.6. The van der Waals surface area contributed by atoms with Crippen molar-refractivity contribution in [3.8, 4) is 0 Å². The van der Waals surface area contributed by atoms with Crippen molar-refractivity contribution in [2.75, 3.05) is 13.2 Å². The molecule has 1 aromatic heterocycles. The predicted molar refractivity (Wildman–Crippen MR) is 66.7 cm³/mol. The minimum absolute atomic E-state index is 0.132. The summed E-state index contributed by atoms with van der Waals surface area (Å²) in [6.07, 6.45) is -2.43. The van der Waals surface area contributed by atoms with E-state index in [1.165, 1.54) is 0 Å². The molecule has 0 radical (unpaired) electrons. The van der Waals surface area contributed by atoms with Gasteiger partial charge in [0.1, 0.15) is 10.7 Å². The van der Waals surface area contributed by atoms with Gasteiger partial charge in [-0.1, -0.05) is 11.6 Å². The van der Waals surface area contributed by atoms with Gasteiger partial charge in [-0.2, -0.15) is 18.3 Å². The summed E-state index contributed by atoms with van der Waals surface area (Å²) in [6.45, 7) is 1.43. The highest BCUT2D eigenvalue weighted by Gasteiger charge is 2.35. The lowest BCUT2D eigenvalue weighted by Crippen LogP contribution is -2.31. The Kier molecular flexibility index (Phi) is 4.70. The number of hydrogen-bond donors (Lipinski definition) is 0. The molecule has 112 valence electrons. The largest absolute Gasteiger partial charge is 0.421 e. The Hall–Kier alpha value is -1.08. The van der Waals surface area contributed by atoms with Gasteiger partial charge in [0.2, 0.25) is 0 Å². The topological polar surface area (TPSA) is 44.1 Å². The first-order chi connectivity index (χ1) is 9.38. The van der Waals surface area contributed by atoms with Gasteiger partial charge >= 0.3 is 6.18 Å². The predicted octanol–water partition coefficient (Wildman–Crippen LogP) is 2.73. The van der Waals surface area contributed by atoms with Crippen molar-refractivity contribution in [3.63, 3.8) is 0 Å². The van der Waals surface area contributed by atoms with E-state index in [1.807, 2.05) is 0 Å². The van der Waals surface area contributed by atoms with Crippen LogP contribution in [0.5, 0.6) is 0 Å². The number of aryl methyl sites for hydroxylation is 1. The van der Waals surface area contributed by atoms with Crippen LogP contribution in [0.1, 0.15) is 24.8 Å². The van der Waals surface area contributed by atoms with Crippen LogP contribution in [0.25, 0.3) is 0 Å². The molecule has 1 aliphatic heterocycles. The fraction of sp³-hybridized carbons (Fsp3) is 0.667. The second-order valence-corrected chi connectivity index (χ2v) is 5.14. The van der Waals surface area contributed by atoms with E-state index < -0.39 is 17.3 Å². The number of ether oxygens (including phenoxy) is 1. The highest BCUT2D eigenvalue weighted by atomic mass is 35.5. The van der Waals surface area contributed by atoms with Gasteiger partial charge < -0.3 is 4.74 Å². The fourth-order valence-electron chi connectivity index (χ4n) is 2.20. The first-order valence-corrected chi connectivity index (χ1v) is 6.68. The van der Waals surface area contributed by atoms with E-state index in [2.05, 4.69) is 5.10 Å². The summed E-state index contributed by atoms with van der Waals surface area (Å²) in [4.78, 5) is 11.7. The van der Waals surface area contributed by atoms with Crippen molar-refractivity contribution < 1.29 is 17.9 Å². The number of halogens is 4. The lowest BCUT2D eigenvalue weighted by Gasteiger charge is -2.22. The molecule has 1 saturated heterocycles. The normalized spacial score (nSPS) is 17.4. The quantitative estimate of drug-likeness (QED) is 0.862. The Labute approximate surface area is 118 Å². The maximum absolute atomic E-state index is 12.7. The van der Waals surface area contributed by atoms with Crippen molar-refractivity contribution in [2.45, 2.75) is 32.0 Å². The van der Waals surface area contributed by atoms with Crippen LogP contribution in [0.4, 0.5) is 13.2 Å². The third kappa shape index (κ3) is 3.73. The zero-order valence-corrected chi connectivity index (χ0v) is 11.4. The molecule has 0 atom stereocenters. The zero-order chi connectivity index (χ0) is 14.8. The van der Waals surface area contributed by atoms with Crippen LogP contribution in [0.3, 0.4) is 0 Å². The van der Waals surface area contributed by atoms with Crippen LogP contribution in [-0.2, 0) is 17.5 Å². The van der Waals surface area contributed by atoms with Crippen LogP contribution in [-0.4, -0.2) is 23.0 Å². The maximum atomic E-state index is 12.7. The second kappa shape index (κ2) is 6.13. The molecule has 2 rings (SSSR count). The fourth-order valence-corrected chi connectivity index (χ4v) is 2.40. The van der Waals surface area contributed by atoms with Gasteiger partial charge in [-0.25, -0.2) is 4.68 Å². The minimum Gasteiger partial charge on any atom is -0.381 e. The van der Waals surface area contributed by atoms with Crippen LogP contribution >= 0.6 is 11.6 Å². The highest BCUT2D eigenvalue weighted by Crippen LogP contribution is 2.27. The van der Waals surface area contributed by atoms with Crippen molar-refractivity contribution in [3.05, 3.63) is 27.1 Å². The van der Waals surface area contributed by atoms with E-state index in [4.69, 9.17) is 16.3 Å². The molecule has 0 N–H and O–H groups in total. The Morgan fingerprint density at radius 2 is 2.05 bits per heavy atom. The number of alkyl halides is 3. The van der Waals surface area contributed by atoms with Gasteiger partial charge in [0.05, 0.1) is 0 Å². The first kappa shape index (κ1) is 15.3. The average molecular weight is 311 g/mol. The molecule has 4 nitrogen and oxygen atoms in total. The van der Waals surface area contributed by atoms with Crippen molar-refractivity contribution in [1.29, 1.82) is 0 Å². The lowest BCUT2D eigenvalue weighted by molar-refractivity contribution is -0.139. The Bertz CT molecular complexity index is 524. The summed E-state index contributed by atoms with van der Waals surface area (Å²) >= 11 is 5.56. The van der Waals surface area contributed by atoms with E-state index >= 15 is 0 Å². The minimum atomic E-state index is -4.72. The van der Waals surface area contributed by atoms with Gasteiger partial charge in [0, 0.05) is 19.8 Å². The molecule has 0 unspecified atom stereocenters. The molecule has 1 fully saturated rings. The van der Waals surface area contributed by atoms with Crippen LogP contribution in [0.15, 0.2) is 10.9 Å². The molecule has 2 heterocycles. The highest BCUT2D eigenvalue weighted by molar-refractivity contribution is 6.29. The van der Waals surface area contributed by atoms with Gasteiger partial charge in [-0.15, -0.1) is 0 Å². The van der Waals surface area contributed by atoms with Gasteiger partial charge in [0.15, 0.2) is 0 Å². The van der Waals surface area contributed by atoms with Gasteiger partial charge in [-0.05, 0) is 31.2 Å². The first-order valence-electron chi connectivity index (χ1n) is 6.30. The molecular weight excluding hydrogens is 297 g/mol. The molecule has 20 heavy (non-hydrogen) atoms. The number of hydrogen-bond acceptors (Lipinski definition) is 3. The molecule has 1 aliphatic rings. The summed E-state index contributed by atoms with van der Waals surface area (Å²) in [6, 6.07) is 0.564. The molecule has 8 heteroatoms. The Balaban J connectivity index is 2.15. The Morgan fingerprint density at radius 1 is 1.40 bits per heavy atom. The molecule has 0 aromatic carbocycles. The number of aromatic nitrogens is 2. The van der Waals surface area contributed by atoms with Crippen molar-refractivity contribution >= 4 is 11.6 Å². The Morgan fingerprint density at radius 3 is 2.65 bits per heavy atom. The van der Waals surface area contributed by atoms with E-state index in [1.54, 1.807) is 0 Å². The van der Waals surface area contributed by atoms with E-state index in [0.29, 0.717) is 31.6 Å². The monoisotopic (exact) mass is 310 g/mol. The average Bonchev–Trinajstić information content (AvgIpc) is 2.39. The van der Waals surface area contributed by atoms with Crippen molar-refractivity contribution in [1.82, 2.24) is 9.78 Å². The smallest absolute Gasteiger partial charge is 0.381 e. The molecule has 0 aliphatic carbocycles. The molecule has 0 bridgehead atoms. The SMILES string of the molecule is O=c1c(C(F)(F)F)cc(Cl)nn1CCC1CCOCC1. The van der Waals surface area contributed by atoms with E-state index in [9.17, 15) is 18.0 Å². The van der Waals surface area contributed by atoms with Gasteiger partial charge in [-0.3, -0.25) is 4.79 Å². The summed E-state index contributed by atoms with van der Waals surface area (Å²) in [5.74, 6) is 0.339. The number of rotatable bonds is 3. The van der Waals surface area contributed by atoms with Crippen LogP contribution in [0, 0.1) is 5.92 Å². The molecule has 0 spiro atoms. The summed E-state index contributed by atoms with van der Waals surface area (Å²) < 4.78 is 44.1. The number of nitrogens with zero attached hydrogens (tertiary/aromatic N) is 2. The van der Waals surface area contributed by atoms with Crippen molar-refractivity contribution in [2.24, 2.45) is 5.92 Å². The summed E-state index contributed by atoms with van der Waals surface area (Å²) in [7, 11) is 0. The molecule has 1 aromatic rings. The summed E-state index contributed by atoms with van der Waals surface area (Å²) in [5, 5.41) is 3.34. The third-order valence-corrected chi connectivity index (χ3v) is 3.52.